The first kappa shape index (κ1) is 38.5. The van der Waals surface area contributed by atoms with Crippen molar-refractivity contribution in [3.8, 4) is 50.4 Å². The number of benzene rings is 11. The second-order valence-electron chi connectivity index (χ2n) is 17.2. The van der Waals surface area contributed by atoms with Crippen LogP contribution in [0, 0.1) is 0 Å². The first-order valence-corrected chi connectivity index (χ1v) is 22.9. The lowest BCUT2D eigenvalue weighted by molar-refractivity contribution is 0.636. The monoisotopic (exact) mass is 854 g/mol. The minimum absolute atomic E-state index is 0.883. The zero-order chi connectivity index (χ0) is 44.3. The Hall–Kier alpha value is -8.92. The van der Waals surface area contributed by atoms with Gasteiger partial charge in [0.1, 0.15) is 11.3 Å². The Morgan fingerprint density at radius 2 is 0.776 bits per heavy atom. The topological polar surface area (TPSA) is 21.3 Å². The fourth-order valence-corrected chi connectivity index (χ4v) is 10.3. The summed E-state index contributed by atoms with van der Waals surface area (Å²) in [5, 5.41) is 8.22. The van der Waals surface area contributed by atoms with Crippen LogP contribution in [0.3, 0.4) is 0 Å². The van der Waals surface area contributed by atoms with Gasteiger partial charge in [-0.3, -0.25) is 0 Å². The summed E-state index contributed by atoms with van der Waals surface area (Å²) in [6.45, 7) is 0. The van der Waals surface area contributed by atoms with E-state index in [1.165, 1.54) is 49.1 Å². The molecule has 0 spiro atoms. The predicted molar refractivity (Wildman–Crippen MR) is 282 cm³/mol. The van der Waals surface area contributed by atoms with Gasteiger partial charge in [-0.1, -0.05) is 188 Å². The third-order valence-electron chi connectivity index (χ3n) is 13.4. The first-order chi connectivity index (χ1) is 33.2. The molecular weight excluding hydrogens is 813 g/mol. The van der Waals surface area contributed by atoms with Crippen LogP contribution in [0.5, 0.6) is 0 Å². The number of fused-ring (bicyclic) bond motifs is 9. The summed E-state index contributed by atoms with van der Waals surface area (Å²) in [6, 6.07) is 91.6. The highest BCUT2D eigenvalue weighted by Gasteiger charge is 2.23. The molecule has 13 aromatic rings. The molecule has 314 valence electrons. The Kier molecular flexibility index (Phi) is 9.17. The van der Waals surface area contributed by atoms with Crippen molar-refractivity contribution >= 4 is 71.4 Å². The SMILES string of the molecule is c1ccc(-c2ccc(N(c3ccc(-c4ccc5c6ccccc6c6oc(-c7ccccc7)c(-c7ccccc7)c6c5c4)cc3)c3ccc4c(c3)c3ccccc3n4-c3ccccc3)cc2)cc1. The number of hydrogen-bond acceptors (Lipinski definition) is 2. The lowest BCUT2D eigenvalue weighted by Crippen LogP contribution is -2.10. The zero-order valence-corrected chi connectivity index (χ0v) is 36.6. The van der Waals surface area contributed by atoms with E-state index in [4.69, 9.17) is 4.42 Å². The normalized spacial score (nSPS) is 11.6. The summed E-state index contributed by atoms with van der Waals surface area (Å²) in [6.07, 6.45) is 0. The van der Waals surface area contributed by atoms with Gasteiger partial charge in [0.2, 0.25) is 0 Å². The summed E-state index contributed by atoms with van der Waals surface area (Å²) in [4.78, 5) is 2.38. The molecule has 0 aliphatic carbocycles. The maximum atomic E-state index is 7.03. The third-order valence-corrected chi connectivity index (χ3v) is 13.4. The quantitative estimate of drug-likeness (QED) is 0.142. The molecule has 3 nitrogen and oxygen atoms in total. The summed E-state index contributed by atoms with van der Waals surface area (Å²) in [5.41, 5.74) is 15.6. The van der Waals surface area contributed by atoms with Crippen LogP contribution in [0.4, 0.5) is 17.1 Å². The van der Waals surface area contributed by atoms with E-state index in [0.29, 0.717) is 0 Å². The summed E-state index contributed by atoms with van der Waals surface area (Å²) < 4.78 is 9.40. The summed E-state index contributed by atoms with van der Waals surface area (Å²) in [7, 11) is 0. The fourth-order valence-electron chi connectivity index (χ4n) is 10.3. The van der Waals surface area contributed by atoms with Crippen LogP contribution in [-0.4, -0.2) is 4.57 Å². The van der Waals surface area contributed by atoms with Crippen molar-refractivity contribution in [2.24, 2.45) is 0 Å². The fraction of sp³-hybridized carbons (Fsp3) is 0. The number of para-hydroxylation sites is 2. The van der Waals surface area contributed by atoms with Crippen molar-refractivity contribution in [2.45, 2.75) is 0 Å². The smallest absolute Gasteiger partial charge is 0.143 e. The molecule has 13 rings (SSSR count). The van der Waals surface area contributed by atoms with Crippen molar-refractivity contribution in [1.29, 1.82) is 0 Å². The predicted octanol–water partition coefficient (Wildman–Crippen LogP) is 18.0. The maximum absolute atomic E-state index is 7.03. The molecule has 0 fully saturated rings. The molecule has 0 atom stereocenters. The van der Waals surface area contributed by atoms with Crippen LogP contribution in [0.15, 0.2) is 259 Å². The third kappa shape index (κ3) is 6.51. The molecule has 0 saturated carbocycles. The summed E-state index contributed by atoms with van der Waals surface area (Å²) >= 11 is 0. The number of furan rings is 1. The standard InChI is InChI=1S/C64H42N2O/c1-5-17-43(18-6-1)44-29-34-50(35-30-44)65(52-38-40-60-57(42-52)55-26-15-16-28-59(55)66(60)49-23-11-4-12-24-49)51-36-31-45(32-37-51)48-33-39-54-53-25-13-14-27-56(53)64-62(58(54)41-48)61(46-19-7-2-8-20-46)63(67-64)47-21-9-3-10-22-47/h1-42H. The van der Waals surface area contributed by atoms with Crippen LogP contribution in [0.2, 0.25) is 0 Å². The molecule has 0 unspecified atom stereocenters. The van der Waals surface area contributed by atoms with Gasteiger partial charge in [-0.15, -0.1) is 0 Å². The Balaban J connectivity index is 0.973. The average molecular weight is 855 g/mol. The van der Waals surface area contributed by atoms with Gasteiger partial charge in [-0.25, -0.2) is 0 Å². The molecule has 0 saturated heterocycles. The summed E-state index contributed by atoms with van der Waals surface area (Å²) in [5.74, 6) is 0.883. The molecule has 3 heteroatoms. The van der Waals surface area contributed by atoms with E-state index in [9.17, 15) is 0 Å². The number of anilines is 3. The van der Waals surface area contributed by atoms with Crippen molar-refractivity contribution in [1.82, 2.24) is 4.57 Å². The molecule has 67 heavy (non-hydrogen) atoms. The van der Waals surface area contributed by atoms with Gasteiger partial charge in [-0.2, -0.15) is 0 Å². The van der Waals surface area contributed by atoms with Gasteiger partial charge in [0.05, 0.1) is 11.0 Å². The van der Waals surface area contributed by atoms with Crippen LogP contribution in [0.1, 0.15) is 0 Å². The van der Waals surface area contributed by atoms with E-state index in [2.05, 4.69) is 264 Å². The van der Waals surface area contributed by atoms with Gasteiger partial charge in [-0.05, 0) is 111 Å². The molecule has 0 bridgehead atoms. The maximum Gasteiger partial charge on any atom is 0.143 e. The number of hydrogen-bond donors (Lipinski definition) is 0. The van der Waals surface area contributed by atoms with Crippen molar-refractivity contribution in [3.63, 3.8) is 0 Å². The number of nitrogens with zero attached hydrogens (tertiary/aromatic N) is 2. The Morgan fingerprint density at radius 3 is 1.45 bits per heavy atom. The largest absolute Gasteiger partial charge is 0.455 e. The highest BCUT2D eigenvalue weighted by Crippen LogP contribution is 2.48. The Bertz CT molecular complexity index is 3930. The minimum Gasteiger partial charge on any atom is -0.455 e. The van der Waals surface area contributed by atoms with Gasteiger partial charge in [0, 0.05) is 55.4 Å². The Morgan fingerprint density at radius 1 is 0.299 bits per heavy atom. The molecule has 11 aromatic carbocycles. The van der Waals surface area contributed by atoms with Gasteiger partial charge in [0.25, 0.3) is 0 Å². The molecule has 0 radical (unpaired) electrons. The minimum atomic E-state index is 0.883. The zero-order valence-electron chi connectivity index (χ0n) is 36.6. The molecule has 2 aromatic heterocycles. The average Bonchev–Trinajstić information content (AvgIpc) is 3.98. The van der Waals surface area contributed by atoms with Gasteiger partial charge < -0.3 is 13.9 Å². The van der Waals surface area contributed by atoms with E-state index in [1.807, 2.05) is 0 Å². The molecule has 0 aliphatic rings. The van der Waals surface area contributed by atoms with E-state index >= 15 is 0 Å². The number of aromatic nitrogens is 1. The van der Waals surface area contributed by atoms with Crippen LogP contribution in [-0.2, 0) is 0 Å². The number of rotatable bonds is 8. The second kappa shape index (κ2) is 16.0. The molecule has 0 N–H and O–H groups in total. The highest BCUT2D eigenvalue weighted by molar-refractivity contribution is 6.29. The van der Waals surface area contributed by atoms with Gasteiger partial charge in [0.15, 0.2) is 0 Å². The van der Waals surface area contributed by atoms with Crippen molar-refractivity contribution < 1.29 is 4.42 Å². The Labute approximate surface area is 388 Å². The van der Waals surface area contributed by atoms with Crippen LogP contribution in [0.25, 0.3) is 105 Å². The van der Waals surface area contributed by atoms with E-state index in [0.717, 1.165) is 72.7 Å². The first-order valence-electron chi connectivity index (χ1n) is 22.9. The lowest BCUT2D eigenvalue weighted by atomic mass is 9.90. The lowest BCUT2D eigenvalue weighted by Gasteiger charge is -2.26. The molecule has 2 heterocycles. The second-order valence-corrected chi connectivity index (χ2v) is 17.2. The van der Waals surface area contributed by atoms with Crippen LogP contribution < -0.4 is 4.90 Å². The van der Waals surface area contributed by atoms with E-state index in [-0.39, 0.29) is 0 Å². The van der Waals surface area contributed by atoms with Crippen molar-refractivity contribution in [3.05, 3.63) is 255 Å². The molecular formula is C64H42N2O. The van der Waals surface area contributed by atoms with E-state index < -0.39 is 0 Å². The van der Waals surface area contributed by atoms with E-state index in [1.54, 1.807) is 0 Å². The van der Waals surface area contributed by atoms with Crippen molar-refractivity contribution in [2.75, 3.05) is 4.90 Å². The van der Waals surface area contributed by atoms with Gasteiger partial charge >= 0.3 is 0 Å². The molecule has 0 aliphatic heterocycles. The molecule has 0 amide bonds. The van der Waals surface area contributed by atoms with Crippen LogP contribution >= 0.6 is 0 Å². The highest BCUT2D eigenvalue weighted by atomic mass is 16.3.